The van der Waals surface area contributed by atoms with E-state index in [4.69, 9.17) is 5.73 Å². The molecule has 1 rings (SSSR count). The number of aromatic nitrogens is 2. The molecule has 0 aromatic carbocycles. The van der Waals surface area contributed by atoms with E-state index >= 15 is 0 Å². The first-order valence-corrected chi connectivity index (χ1v) is 4.39. The zero-order valence-corrected chi connectivity index (χ0v) is 8.32. The highest BCUT2D eigenvalue weighted by Crippen LogP contribution is 1.99. The van der Waals surface area contributed by atoms with Crippen LogP contribution in [-0.2, 0) is 7.05 Å². The van der Waals surface area contributed by atoms with E-state index in [1.807, 2.05) is 6.92 Å². The number of amides is 2. The van der Waals surface area contributed by atoms with Gasteiger partial charge in [-0.05, 0) is 6.92 Å². The molecule has 0 fully saturated rings. The number of rotatable bonds is 3. The molecule has 1 aromatic rings. The molecular weight excluding hydrogens is 182 g/mol. The molecule has 14 heavy (non-hydrogen) atoms. The third-order valence-corrected chi connectivity index (χ3v) is 1.69. The Balaban J connectivity index is 2.41. The van der Waals surface area contributed by atoms with Gasteiger partial charge in [0.2, 0.25) is 0 Å². The molecule has 0 aliphatic carbocycles. The maximum Gasteiger partial charge on any atom is 0.320 e. The summed E-state index contributed by atoms with van der Waals surface area (Å²) in [4.78, 5) is 11.3. The summed E-state index contributed by atoms with van der Waals surface area (Å²) in [6.45, 7) is 2.24. The standard InChI is InChI=1S/C8H15N5O/c1-6(5-9)10-8(14)11-7-3-4-13(2)12-7/h3-4,6H,5,9H2,1-2H3,(H2,10,11,12,14). The van der Waals surface area contributed by atoms with Crippen molar-refractivity contribution in [3.05, 3.63) is 12.3 Å². The molecule has 1 aromatic heterocycles. The molecule has 0 aliphatic rings. The Morgan fingerprint density at radius 3 is 3.00 bits per heavy atom. The van der Waals surface area contributed by atoms with Crippen LogP contribution in [0.5, 0.6) is 0 Å². The van der Waals surface area contributed by atoms with Crippen molar-refractivity contribution in [3.63, 3.8) is 0 Å². The summed E-state index contributed by atoms with van der Waals surface area (Å²) < 4.78 is 1.61. The highest BCUT2D eigenvalue weighted by Gasteiger charge is 2.06. The Bertz CT molecular complexity index is 308. The van der Waals surface area contributed by atoms with E-state index in [2.05, 4.69) is 15.7 Å². The van der Waals surface area contributed by atoms with Crippen LogP contribution in [0.3, 0.4) is 0 Å². The lowest BCUT2D eigenvalue weighted by atomic mass is 10.3. The van der Waals surface area contributed by atoms with Gasteiger partial charge < -0.3 is 11.1 Å². The minimum Gasteiger partial charge on any atom is -0.334 e. The molecule has 78 valence electrons. The van der Waals surface area contributed by atoms with Crippen LogP contribution in [0.2, 0.25) is 0 Å². The molecule has 0 saturated carbocycles. The molecule has 0 saturated heterocycles. The summed E-state index contributed by atoms with van der Waals surface area (Å²) in [7, 11) is 1.78. The van der Waals surface area contributed by atoms with E-state index in [-0.39, 0.29) is 12.1 Å². The molecule has 1 unspecified atom stereocenters. The fourth-order valence-electron chi connectivity index (χ4n) is 0.917. The zero-order valence-electron chi connectivity index (χ0n) is 8.32. The number of hydrogen-bond acceptors (Lipinski definition) is 3. The first-order chi connectivity index (χ1) is 6.61. The van der Waals surface area contributed by atoms with Gasteiger partial charge >= 0.3 is 6.03 Å². The van der Waals surface area contributed by atoms with Crippen LogP contribution in [-0.4, -0.2) is 28.4 Å². The number of carbonyl (C=O) groups is 1. The maximum atomic E-state index is 11.3. The minimum absolute atomic E-state index is 0.0429. The van der Waals surface area contributed by atoms with Crippen molar-refractivity contribution >= 4 is 11.8 Å². The monoisotopic (exact) mass is 197 g/mol. The Morgan fingerprint density at radius 2 is 2.50 bits per heavy atom. The summed E-state index contributed by atoms with van der Waals surface area (Å²) in [6, 6.07) is 1.38. The SMILES string of the molecule is CC(CN)NC(=O)Nc1ccn(C)n1. The van der Waals surface area contributed by atoms with Crippen molar-refractivity contribution in [1.29, 1.82) is 0 Å². The second-order valence-corrected chi connectivity index (χ2v) is 3.11. The lowest BCUT2D eigenvalue weighted by Crippen LogP contribution is -2.40. The number of carbonyl (C=O) groups excluding carboxylic acids is 1. The number of aryl methyl sites for hydroxylation is 1. The quantitative estimate of drug-likeness (QED) is 0.632. The van der Waals surface area contributed by atoms with E-state index < -0.39 is 0 Å². The first kappa shape index (κ1) is 10.5. The molecule has 6 heteroatoms. The predicted octanol–water partition coefficient (Wildman–Crippen LogP) is -0.111. The zero-order chi connectivity index (χ0) is 10.6. The molecular formula is C8H15N5O. The van der Waals surface area contributed by atoms with Crippen LogP contribution in [0.25, 0.3) is 0 Å². The Hall–Kier alpha value is -1.56. The van der Waals surface area contributed by atoms with Crippen LogP contribution in [0.1, 0.15) is 6.92 Å². The normalized spacial score (nSPS) is 12.2. The van der Waals surface area contributed by atoms with Gasteiger partial charge in [-0.2, -0.15) is 5.10 Å². The Labute approximate surface area is 82.5 Å². The first-order valence-electron chi connectivity index (χ1n) is 4.39. The van der Waals surface area contributed by atoms with Crippen LogP contribution >= 0.6 is 0 Å². The molecule has 1 heterocycles. The van der Waals surface area contributed by atoms with Gasteiger partial charge in [-0.1, -0.05) is 0 Å². The van der Waals surface area contributed by atoms with Crippen molar-refractivity contribution in [2.24, 2.45) is 12.8 Å². The lowest BCUT2D eigenvalue weighted by molar-refractivity contribution is 0.249. The summed E-state index contributed by atoms with van der Waals surface area (Å²) in [5.41, 5.74) is 5.36. The summed E-state index contributed by atoms with van der Waals surface area (Å²) in [6.07, 6.45) is 1.75. The second-order valence-electron chi connectivity index (χ2n) is 3.11. The number of urea groups is 1. The van der Waals surface area contributed by atoms with Crippen molar-refractivity contribution in [1.82, 2.24) is 15.1 Å². The van der Waals surface area contributed by atoms with Gasteiger partial charge in [0.1, 0.15) is 0 Å². The summed E-state index contributed by atoms with van der Waals surface area (Å²) in [5, 5.41) is 9.25. The van der Waals surface area contributed by atoms with E-state index in [0.717, 1.165) is 0 Å². The molecule has 0 radical (unpaired) electrons. The maximum absolute atomic E-state index is 11.3. The molecule has 6 nitrogen and oxygen atoms in total. The smallest absolute Gasteiger partial charge is 0.320 e. The molecule has 4 N–H and O–H groups in total. The average molecular weight is 197 g/mol. The fraction of sp³-hybridized carbons (Fsp3) is 0.500. The van der Waals surface area contributed by atoms with Crippen molar-refractivity contribution in [2.45, 2.75) is 13.0 Å². The van der Waals surface area contributed by atoms with Gasteiger partial charge in [0.05, 0.1) is 0 Å². The van der Waals surface area contributed by atoms with E-state index in [1.165, 1.54) is 0 Å². The average Bonchev–Trinajstić information content (AvgIpc) is 2.50. The molecule has 1 atom stereocenters. The highest BCUT2D eigenvalue weighted by atomic mass is 16.2. The molecule has 0 bridgehead atoms. The number of hydrogen-bond donors (Lipinski definition) is 3. The number of nitrogens with zero attached hydrogens (tertiary/aromatic N) is 2. The Morgan fingerprint density at radius 1 is 1.79 bits per heavy atom. The number of nitrogens with one attached hydrogen (secondary N) is 2. The fourth-order valence-corrected chi connectivity index (χ4v) is 0.917. The summed E-state index contributed by atoms with van der Waals surface area (Å²) >= 11 is 0. The molecule has 0 aliphatic heterocycles. The van der Waals surface area contributed by atoms with Gasteiger partial charge in [-0.25, -0.2) is 4.79 Å². The van der Waals surface area contributed by atoms with Crippen molar-refractivity contribution < 1.29 is 4.79 Å². The van der Waals surface area contributed by atoms with Gasteiger partial charge in [0.25, 0.3) is 0 Å². The molecule has 2 amide bonds. The van der Waals surface area contributed by atoms with Crippen LogP contribution in [0, 0.1) is 0 Å². The van der Waals surface area contributed by atoms with E-state index in [9.17, 15) is 4.79 Å². The van der Waals surface area contributed by atoms with Crippen LogP contribution in [0.4, 0.5) is 10.6 Å². The predicted molar refractivity (Wildman–Crippen MR) is 53.9 cm³/mol. The summed E-state index contributed by atoms with van der Waals surface area (Å²) in [5.74, 6) is 0.522. The van der Waals surface area contributed by atoms with Crippen LogP contribution in [0.15, 0.2) is 12.3 Å². The van der Waals surface area contributed by atoms with Gasteiger partial charge in [-0.15, -0.1) is 0 Å². The largest absolute Gasteiger partial charge is 0.334 e. The number of anilines is 1. The molecule has 0 spiro atoms. The van der Waals surface area contributed by atoms with Crippen molar-refractivity contribution in [2.75, 3.05) is 11.9 Å². The van der Waals surface area contributed by atoms with Gasteiger partial charge in [0, 0.05) is 31.9 Å². The van der Waals surface area contributed by atoms with Crippen LogP contribution < -0.4 is 16.4 Å². The highest BCUT2D eigenvalue weighted by molar-refractivity contribution is 5.88. The van der Waals surface area contributed by atoms with Gasteiger partial charge in [0.15, 0.2) is 5.82 Å². The van der Waals surface area contributed by atoms with E-state index in [1.54, 1.807) is 24.0 Å². The third kappa shape index (κ3) is 3.06. The lowest BCUT2D eigenvalue weighted by Gasteiger charge is -2.10. The Kier molecular flexibility index (Phi) is 3.47. The third-order valence-electron chi connectivity index (χ3n) is 1.69. The van der Waals surface area contributed by atoms with Crippen molar-refractivity contribution in [3.8, 4) is 0 Å². The minimum atomic E-state index is -0.290. The second kappa shape index (κ2) is 4.61. The van der Waals surface area contributed by atoms with Gasteiger partial charge in [-0.3, -0.25) is 10.00 Å². The van der Waals surface area contributed by atoms with E-state index in [0.29, 0.717) is 12.4 Å². The topological polar surface area (TPSA) is 85.0 Å². The number of nitrogens with two attached hydrogens (primary N) is 1.